The Morgan fingerprint density at radius 1 is 0.917 bits per heavy atom. The van der Waals surface area contributed by atoms with Gasteiger partial charge in [-0.2, -0.15) is 0 Å². The number of nitrogens with one attached hydrogen (secondary N) is 1. The maximum Gasteiger partial charge on any atom is 0.180 e. The second-order valence-corrected chi connectivity index (χ2v) is 6.13. The summed E-state index contributed by atoms with van der Waals surface area (Å²) in [6.07, 6.45) is 7.27. The first-order valence-electron chi connectivity index (χ1n) is 8.55. The third-order valence-electron chi connectivity index (χ3n) is 4.48. The molecule has 0 aliphatic carbocycles. The normalized spacial score (nSPS) is 14.8. The summed E-state index contributed by atoms with van der Waals surface area (Å²) in [4.78, 5) is 15.6. The lowest BCUT2D eigenvalue weighted by atomic mass is 10.1. The van der Waals surface area contributed by atoms with Crippen LogP contribution in [0.4, 0.5) is 11.5 Å². The van der Waals surface area contributed by atoms with E-state index in [0.29, 0.717) is 5.65 Å². The lowest BCUT2D eigenvalue weighted by Gasteiger charge is -2.30. The predicted molar refractivity (Wildman–Crippen MR) is 97.2 cm³/mol. The van der Waals surface area contributed by atoms with Crippen molar-refractivity contribution in [2.45, 2.75) is 25.8 Å². The van der Waals surface area contributed by atoms with Crippen molar-refractivity contribution >= 4 is 22.7 Å². The van der Waals surface area contributed by atoms with Gasteiger partial charge in [0, 0.05) is 37.7 Å². The Balaban J connectivity index is 1.52. The third kappa shape index (κ3) is 3.15. The number of hydrogen-bond acceptors (Lipinski definition) is 5. The van der Waals surface area contributed by atoms with Gasteiger partial charge < -0.3 is 10.2 Å². The lowest BCUT2D eigenvalue weighted by molar-refractivity contribution is 0.576. The van der Waals surface area contributed by atoms with Crippen LogP contribution in [0.25, 0.3) is 11.2 Å². The van der Waals surface area contributed by atoms with Crippen LogP contribution in [0.2, 0.25) is 0 Å². The Morgan fingerprint density at radius 3 is 2.67 bits per heavy atom. The standard InChI is InChI=1S/C19H21N5/c1-4-12-24(13-5-1)17-7-3-2-6-15(17)14-22-18-9-8-16-19(23-18)21-11-10-20-16/h2-3,6-11H,1,4-5,12-14H2,(H,21,22,23). The zero-order valence-electron chi connectivity index (χ0n) is 13.7. The molecule has 1 aromatic carbocycles. The molecule has 0 amide bonds. The van der Waals surface area contributed by atoms with Gasteiger partial charge in [-0.25, -0.2) is 9.97 Å². The minimum atomic E-state index is 0.673. The number of aromatic nitrogens is 3. The highest BCUT2D eigenvalue weighted by atomic mass is 15.1. The Labute approximate surface area is 141 Å². The maximum absolute atomic E-state index is 4.53. The van der Waals surface area contributed by atoms with E-state index in [1.165, 1.54) is 30.5 Å². The molecule has 2 aromatic heterocycles. The van der Waals surface area contributed by atoms with E-state index in [1.54, 1.807) is 12.4 Å². The smallest absolute Gasteiger partial charge is 0.180 e. The van der Waals surface area contributed by atoms with Crippen LogP contribution in [0.15, 0.2) is 48.8 Å². The van der Waals surface area contributed by atoms with Gasteiger partial charge in [-0.3, -0.25) is 4.98 Å². The Morgan fingerprint density at radius 2 is 1.75 bits per heavy atom. The second kappa shape index (κ2) is 6.83. The maximum atomic E-state index is 4.53. The predicted octanol–water partition coefficient (Wildman–Crippen LogP) is 3.63. The van der Waals surface area contributed by atoms with Gasteiger partial charge in [0.25, 0.3) is 0 Å². The topological polar surface area (TPSA) is 53.9 Å². The molecule has 1 N–H and O–H groups in total. The fourth-order valence-electron chi connectivity index (χ4n) is 3.24. The van der Waals surface area contributed by atoms with Crippen LogP contribution < -0.4 is 10.2 Å². The van der Waals surface area contributed by atoms with Crippen molar-refractivity contribution in [1.82, 2.24) is 15.0 Å². The van der Waals surface area contributed by atoms with Gasteiger partial charge in [-0.05, 0) is 43.0 Å². The van der Waals surface area contributed by atoms with Gasteiger partial charge in [0.15, 0.2) is 5.65 Å². The second-order valence-electron chi connectivity index (χ2n) is 6.13. The highest BCUT2D eigenvalue weighted by molar-refractivity contribution is 5.71. The van der Waals surface area contributed by atoms with Crippen LogP contribution in [0.5, 0.6) is 0 Å². The van der Waals surface area contributed by atoms with Crippen molar-refractivity contribution in [3.8, 4) is 0 Å². The van der Waals surface area contributed by atoms with Gasteiger partial charge in [0.1, 0.15) is 11.3 Å². The molecule has 0 radical (unpaired) electrons. The zero-order valence-corrected chi connectivity index (χ0v) is 13.7. The molecule has 3 heterocycles. The molecule has 0 unspecified atom stereocenters. The summed E-state index contributed by atoms with van der Waals surface area (Å²) < 4.78 is 0. The van der Waals surface area contributed by atoms with Crippen LogP contribution in [0.1, 0.15) is 24.8 Å². The van der Waals surface area contributed by atoms with Gasteiger partial charge >= 0.3 is 0 Å². The first kappa shape index (κ1) is 14.9. The number of benzene rings is 1. The Kier molecular flexibility index (Phi) is 4.23. The van der Waals surface area contributed by atoms with E-state index in [4.69, 9.17) is 0 Å². The van der Waals surface area contributed by atoms with Gasteiger partial charge in [-0.1, -0.05) is 18.2 Å². The van der Waals surface area contributed by atoms with E-state index in [2.05, 4.69) is 49.4 Å². The molecular formula is C19H21N5. The highest BCUT2D eigenvalue weighted by Gasteiger charge is 2.14. The summed E-state index contributed by atoms with van der Waals surface area (Å²) in [5, 5.41) is 3.43. The van der Waals surface area contributed by atoms with Crippen molar-refractivity contribution in [3.05, 3.63) is 54.4 Å². The van der Waals surface area contributed by atoms with Crippen LogP contribution >= 0.6 is 0 Å². The first-order valence-corrected chi connectivity index (χ1v) is 8.55. The van der Waals surface area contributed by atoms with E-state index in [0.717, 1.165) is 31.0 Å². The molecule has 1 saturated heterocycles. The zero-order chi connectivity index (χ0) is 16.2. The molecule has 5 heteroatoms. The number of rotatable bonds is 4. The van der Waals surface area contributed by atoms with E-state index in [1.807, 2.05) is 12.1 Å². The van der Waals surface area contributed by atoms with E-state index < -0.39 is 0 Å². The van der Waals surface area contributed by atoms with Crippen LogP contribution in [0.3, 0.4) is 0 Å². The minimum absolute atomic E-state index is 0.673. The number of hydrogen-bond donors (Lipinski definition) is 1. The molecule has 0 spiro atoms. The number of nitrogens with zero attached hydrogens (tertiary/aromatic N) is 4. The molecule has 1 aliphatic rings. The summed E-state index contributed by atoms with van der Waals surface area (Å²) in [5.74, 6) is 0.830. The average molecular weight is 319 g/mol. The molecule has 4 rings (SSSR count). The lowest BCUT2D eigenvalue weighted by Crippen LogP contribution is -2.30. The molecule has 3 aromatic rings. The van der Waals surface area contributed by atoms with Crippen molar-refractivity contribution < 1.29 is 0 Å². The molecule has 0 atom stereocenters. The summed E-state index contributed by atoms with van der Waals surface area (Å²) in [5.41, 5.74) is 4.13. The Bertz CT molecular complexity index is 827. The van der Waals surface area contributed by atoms with Crippen LogP contribution in [0, 0.1) is 0 Å². The fourth-order valence-corrected chi connectivity index (χ4v) is 3.24. The fraction of sp³-hybridized carbons (Fsp3) is 0.316. The highest BCUT2D eigenvalue weighted by Crippen LogP contribution is 2.24. The van der Waals surface area contributed by atoms with Crippen molar-refractivity contribution in [2.75, 3.05) is 23.3 Å². The van der Waals surface area contributed by atoms with Gasteiger partial charge in [-0.15, -0.1) is 0 Å². The van der Waals surface area contributed by atoms with Crippen molar-refractivity contribution in [2.24, 2.45) is 0 Å². The molecule has 1 fully saturated rings. The molecule has 0 saturated carbocycles. The average Bonchev–Trinajstić information content (AvgIpc) is 2.67. The third-order valence-corrected chi connectivity index (χ3v) is 4.48. The van der Waals surface area contributed by atoms with Gasteiger partial charge in [0.05, 0.1) is 0 Å². The van der Waals surface area contributed by atoms with E-state index in [-0.39, 0.29) is 0 Å². The minimum Gasteiger partial charge on any atom is -0.371 e. The molecule has 0 bridgehead atoms. The first-order chi connectivity index (χ1) is 11.9. The Hall–Kier alpha value is -2.69. The number of piperidine rings is 1. The monoisotopic (exact) mass is 319 g/mol. The van der Waals surface area contributed by atoms with Gasteiger partial charge in [0.2, 0.25) is 0 Å². The molecule has 24 heavy (non-hydrogen) atoms. The quantitative estimate of drug-likeness (QED) is 0.796. The molecule has 5 nitrogen and oxygen atoms in total. The largest absolute Gasteiger partial charge is 0.371 e. The number of pyridine rings is 1. The number of anilines is 2. The van der Waals surface area contributed by atoms with Crippen LogP contribution in [-0.2, 0) is 6.54 Å². The van der Waals surface area contributed by atoms with Crippen LogP contribution in [-0.4, -0.2) is 28.0 Å². The molecule has 122 valence electrons. The SMILES string of the molecule is c1ccc(N2CCCCC2)c(CNc2ccc3nccnc3n2)c1. The summed E-state index contributed by atoms with van der Waals surface area (Å²) in [6.45, 7) is 3.06. The number of fused-ring (bicyclic) bond motifs is 1. The van der Waals surface area contributed by atoms with Crippen molar-refractivity contribution in [1.29, 1.82) is 0 Å². The summed E-state index contributed by atoms with van der Waals surface area (Å²) in [7, 11) is 0. The summed E-state index contributed by atoms with van der Waals surface area (Å²) in [6, 6.07) is 12.6. The summed E-state index contributed by atoms with van der Waals surface area (Å²) >= 11 is 0. The molecular weight excluding hydrogens is 298 g/mol. The van der Waals surface area contributed by atoms with Crippen molar-refractivity contribution in [3.63, 3.8) is 0 Å². The van der Waals surface area contributed by atoms with E-state index >= 15 is 0 Å². The number of para-hydroxylation sites is 1. The molecule has 1 aliphatic heterocycles. The van der Waals surface area contributed by atoms with E-state index in [9.17, 15) is 0 Å².